The van der Waals surface area contributed by atoms with E-state index in [1.807, 2.05) is 25.7 Å². The van der Waals surface area contributed by atoms with E-state index < -0.39 is 5.60 Å². The predicted octanol–water partition coefficient (Wildman–Crippen LogP) is 5.26. The van der Waals surface area contributed by atoms with Crippen molar-refractivity contribution < 1.29 is 9.53 Å². The first-order chi connectivity index (χ1) is 11.3. The molecule has 0 radical (unpaired) electrons. The fourth-order valence-electron chi connectivity index (χ4n) is 3.36. The highest BCUT2D eigenvalue weighted by molar-refractivity contribution is 5.84. The quantitative estimate of drug-likeness (QED) is 0.715. The van der Waals surface area contributed by atoms with Crippen molar-refractivity contribution in [2.75, 3.05) is 13.1 Å². The maximum absolute atomic E-state index is 12.2. The highest BCUT2D eigenvalue weighted by atomic mass is 16.6. The lowest BCUT2D eigenvalue weighted by atomic mass is 9.88. The molecule has 0 bridgehead atoms. The van der Waals surface area contributed by atoms with Crippen molar-refractivity contribution in [3.63, 3.8) is 0 Å². The summed E-state index contributed by atoms with van der Waals surface area (Å²) in [5.41, 5.74) is 2.25. The Bertz CT molecular complexity index is 737. The molecular formula is C21H27NO2. The maximum atomic E-state index is 12.2. The van der Waals surface area contributed by atoms with Gasteiger partial charge in [-0.05, 0) is 62.8 Å². The van der Waals surface area contributed by atoms with Crippen LogP contribution in [0.25, 0.3) is 10.8 Å². The summed E-state index contributed by atoms with van der Waals surface area (Å²) in [6.07, 6.45) is 1.81. The summed E-state index contributed by atoms with van der Waals surface area (Å²) >= 11 is 0. The largest absolute Gasteiger partial charge is 0.444 e. The van der Waals surface area contributed by atoms with Crippen LogP contribution in [0.3, 0.4) is 0 Å². The van der Waals surface area contributed by atoms with Crippen LogP contribution in [0.2, 0.25) is 0 Å². The fraction of sp³-hybridized carbons (Fsp3) is 0.476. The van der Waals surface area contributed by atoms with E-state index in [0.717, 1.165) is 25.9 Å². The first kappa shape index (κ1) is 16.8. The number of aryl methyl sites for hydroxylation is 1. The number of carbonyl (C=O) groups excluding carboxylic acids is 1. The van der Waals surface area contributed by atoms with Crippen LogP contribution in [0, 0.1) is 6.92 Å². The van der Waals surface area contributed by atoms with Gasteiger partial charge in [0.15, 0.2) is 0 Å². The van der Waals surface area contributed by atoms with E-state index in [9.17, 15) is 4.79 Å². The molecule has 0 saturated carbocycles. The van der Waals surface area contributed by atoms with Gasteiger partial charge in [0.2, 0.25) is 0 Å². The molecule has 3 rings (SSSR count). The molecule has 128 valence electrons. The number of nitrogens with zero attached hydrogens (tertiary/aromatic N) is 1. The second-order valence-electron chi connectivity index (χ2n) is 7.85. The minimum Gasteiger partial charge on any atom is -0.444 e. The van der Waals surface area contributed by atoms with Gasteiger partial charge < -0.3 is 9.64 Å². The summed E-state index contributed by atoms with van der Waals surface area (Å²) in [5, 5.41) is 2.60. The zero-order valence-corrected chi connectivity index (χ0v) is 15.1. The lowest BCUT2D eigenvalue weighted by Gasteiger charge is -2.33. The van der Waals surface area contributed by atoms with E-state index in [-0.39, 0.29) is 6.09 Å². The Kier molecular flexibility index (Phi) is 4.53. The van der Waals surface area contributed by atoms with Gasteiger partial charge >= 0.3 is 6.09 Å². The molecule has 3 heteroatoms. The van der Waals surface area contributed by atoms with Gasteiger partial charge in [0, 0.05) is 13.1 Å². The van der Waals surface area contributed by atoms with E-state index in [0.29, 0.717) is 5.92 Å². The number of hydrogen-bond acceptors (Lipinski definition) is 2. The van der Waals surface area contributed by atoms with Crippen LogP contribution >= 0.6 is 0 Å². The first-order valence-electron chi connectivity index (χ1n) is 8.80. The highest BCUT2D eigenvalue weighted by Crippen LogP contribution is 2.31. The molecule has 3 nitrogen and oxygen atoms in total. The summed E-state index contributed by atoms with van der Waals surface area (Å²) in [4.78, 5) is 14.0. The summed E-state index contributed by atoms with van der Waals surface area (Å²) in [6.45, 7) is 9.40. The summed E-state index contributed by atoms with van der Waals surface area (Å²) in [7, 11) is 0. The second kappa shape index (κ2) is 6.46. The van der Waals surface area contributed by atoms with Gasteiger partial charge in [0.1, 0.15) is 5.60 Å². The Hall–Kier alpha value is -2.03. The molecule has 24 heavy (non-hydrogen) atoms. The SMILES string of the molecule is Cc1ccc2cc(C3CCN(C(=O)OC(C)(C)C)CC3)ccc2c1. The molecular weight excluding hydrogens is 298 g/mol. The van der Waals surface area contributed by atoms with Gasteiger partial charge in [0.25, 0.3) is 0 Å². The number of hydrogen-bond donors (Lipinski definition) is 0. The number of benzene rings is 2. The maximum Gasteiger partial charge on any atom is 0.410 e. The molecule has 0 aliphatic carbocycles. The molecule has 2 aromatic carbocycles. The van der Waals surface area contributed by atoms with Crippen LogP contribution in [0.15, 0.2) is 36.4 Å². The summed E-state index contributed by atoms with van der Waals surface area (Å²) < 4.78 is 5.47. The topological polar surface area (TPSA) is 29.5 Å². The molecule has 1 saturated heterocycles. The molecule has 1 amide bonds. The van der Waals surface area contributed by atoms with Crippen molar-refractivity contribution in [1.82, 2.24) is 4.90 Å². The second-order valence-corrected chi connectivity index (χ2v) is 7.85. The van der Waals surface area contributed by atoms with Crippen molar-refractivity contribution in [3.05, 3.63) is 47.5 Å². The number of rotatable bonds is 1. The van der Waals surface area contributed by atoms with Crippen molar-refractivity contribution in [2.24, 2.45) is 0 Å². The number of carbonyl (C=O) groups is 1. The average molecular weight is 325 g/mol. The van der Waals surface area contributed by atoms with Crippen molar-refractivity contribution >= 4 is 16.9 Å². The highest BCUT2D eigenvalue weighted by Gasteiger charge is 2.27. The summed E-state index contributed by atoms with van der Waals surface area (Å²) in [5.74, 6) is 0.523. The minimum atomic E-state index is -0.426. The molecule has 1 heterocycles. The third-order valence-electron chi connectivity index (χ3n) is 4.64. The van der Waals surface area contributed by atoms with Crippen LogP contribution in [-0.2, 0) is 4.74 Å². The Morgan fingerprint density at radius 2 is 1.67 bits per heavy atom. The number of likely N-dealkylation sites (tertiary alicyclic amines) is 1. The average Bonchev–Trinajstić information content (AvgIpc) is 2.53. The lowest BCUT2D eigenvalue weighted by molar-refractivity contribution is 0.0205. The van der Waals surface area contributed by atoms with E-state index in [4.69, 9.17) is 4.74 Å². The molecule has 1 fully saturated rings. The number of ether oxygens (including phenoxy) is 1. The minimum absolute atomic E-state index is 0.185. The Morgan fingerprint density at radius 3 is 2.33 bits per heavy atom. The van der Waals surface area contributed by atoms with Crippen molar-refractivity contribution in [1.29, 1.82) is 0 Å². The molecule has 0 unspecified atom stereocenters. The van der Waals surface area contributed by atoms with E-state index >= 15 is 0 Å². The van der Waals surface area contributed by atoms with Crippen LogP contribution in [0.4, 0.5) is 4.79 Å². The Labute approximate surface area is 144 Å². The Balaban J connectivity index is 1.66. The van der Waals surface area contributed by atoms with Crippen molar-refractivity contribution in [3.8, 4) is 0 Å². The molecule has 2 aromatic rings. The number of piperidine rings is 1. The van der Waals surface area contributed by atoms with Gasteiger partial charge in [-0.15, -0.1) is 0 Å². The third-order valence-corrected chi connectivity index (χ3v) is 4.64. The monoisotopic (exact) mass is 325 g/mol. The Morgan fingerprint density at radius 1 is 1.04 bits per heavy atom. The summed E-state index contributed by atoms with van der Waals surface area (Å²) in [6, 6.07) is 13.4. The molecule has 1 aliphatic heterocycles. The van der Waals surface area contributed by atoms with E-state index in [2.05, 4.69) is 43.3 Å². The van der Waals surface area contributed by atoms with Crippen LogP contribution < -0.4 is 0 Å². The van der Waals surface area contributed by atoms with E-state index in [1.165, 1.54) is 21.9 Å². The molecule has 1 aliphatic rings. The lowest BCUT2D eigenvalue weighted by Crippen LogP contribution is -2.41. The van der Waals surface area contributed by atoms with Crippen LogP contribution in [0.1, 0.15) is 50.7 Å². The van der Waals surface area contributed by atoms with Gasteiger partial charge in [-0.2, -0.15) is 0 Å². The molecule has 0 aromatic heterocycles. The van der Waals surface area contributed by atoms with Crippen LogP contribution in [0.5, 0.6) is 0 Å². The predicted molar refractivity (Wildman–Crippen MR) is 98.5 cm³/mol. The van der Waals surface area contributed by atoms with Gasteiger partial charge in [-0.1, -0.05) is 42.0 Å². The van der Waals surface area contributed by atoms with Gasteiger partial charge in [0.05, 0.1) is 0 Å². The third kappa shape index (κ3) is 3.89. The van der Waals surface area contributed by atoms with Gasteiger partial charge in [-0.3, -0.25) is 0 Å². The standard InChI is InChI=1S/C21H27NO2/c1-15-5-6-19-14-18(8-7-17(19)13-15)16-9-11-22(12-10-16)20(23)24-21(2,3)4/h5-8,13-14,16H,9-12H2,1-4H3. The number of amides is 1. The van der Waals surface area contributed by atoms with E-state index in [1.54, 1.807) is 0 Å². The fourth-order valence-corrected chi connectivity index (χ4v) is 3.36. The molecule has 0 spiro atoms. The van der Waals surface area contributed by atoms with Crippen LogP contribution in [-0.4, -0.2) is 29.7 Å². The smallest absolute Gasteiger partial charge is 0.410 e. The normalized spacial score (nSPS) is 16.4. The van der Waals surface area contributed by atoms with Gasteiger partial charge in [-0.25, -0.2) is 4.79 Å². The zero-order chi connectivity index (χ0) is 17.3. The van der Waals surface area contributed by atoms with Crippen molar-refractivity contribution in [2.45, 2.75) is 52.1 Å². The first-order valence-corrected chi connectivity index (χ1v) is 8.80. The zero-order valence-electron chi connectivity index (χ0n) is 15.1. The molecule has 0 atom stereocenters. The molecule has 0 N–H and O–H groups in total. The number of fused-ring (bicyclic) bond motifs is 1.